The van der Waals surface area contributed by atoms with Crippen molar-refractivity contribution >= 4 is 21.5 Å². The predicted molar refractivity (Wildman–Crippen MR) is 99.6 cm³/mol. The quantitative estimate of drug-likeness (QED) is 0.456. The fourth-order valence-electron chi connectivity index (χ4n) is 3.73. The zero-order valence-electron chi connectivity index (χ0n) is 15.3. The van der Waals surface area contributed by atoms with E-state index in [1.165, 1.54) is 34.1 Å². The molecule has 0 bridgehead atoms. The molecule has 0 N–H and O–H groups in total. The maximum atomic E-state index is 13.2. The van der Waals surface area contributed by atoms with Crippen molar-refractivity contribution < 1.29 is 13.3 Å². The summed E-state index contributed by atoms with van der Waals surface area (Å²) in [6, 6.07) is 4.63. The molecule has 0 saturated carbocycles. The SMILES string of the molecule is CC1=NC2(C)CCC(C(C)C)=CC2N1S(=O)(=O)c1ccc([N+](=O)[O-])cc1. The first-order valence-electron chi connectivity index (χ1n) is 8.62. The van der Waals surface area contributed by atoms with Crippen LogP contribution in [0.3, 0.4) is 0 Å². The summed E-state index contributed by atoms with van der Waals surface area (Å²) in [5.74, 6) is 0.807. The van der Waals surface area contributed by atoms with Crippen molar-refractivity contribution in [3.63, 3.8) is 0 Å². The monoisotopic (exact) mass is 377 g/mol. The van der Waals surface area contributed by atoms with E-state index in [0.29, 0.717) is 11.8 Å². The van der Waals surface area contributed by atoms with Crippen LogP contribution in [-0.4, -0.2) is 35.1 Å². The van der Waals surface area contributed by atoms with Crippen molar-refractivity contribution in [3.05, 3.63) is 46.0 Å². The number of fused-ring (bicyclic) bond motifs is 1. The first kappa shape index (κ1) is 18.6. The maximum Gasteiger partial charge on any atom is 0.269 e. The average molecular weight is 377 g/mol. The van der Waals surface area contributed by atoms with Gasteiger partial charge in [0.25, 0.3) is 15.7 Å². The third kappa shape index (κ3) is 2.92. The Bertz CT molecular complexity index is 903. The van der Waals surface area contributed by atoms with Crippen LogP contribution in [0.4, 0.5) is 5.69 Å². The molecular weight excluding hydrogens is 354 g/mol. The first-order valence-corrected chi connectivity index (χ1v) is 10.1. The molecule has 0 fully saturated rings. The van der Waals surface area contributed by atoms with Gasteiger partial charge in [-0.1, -0.05) is 25.5 Å². The van der Waals surface area contributed by atoms with Gasteiger partial charge in [-0.15, -0.1) is 0 Å². The second-order valence-electron chi connectivity index (χ2n) is 7.41. The number of nitro benzene ring substituents is 1. The summed E-state index contributed by atoms with van der Waals surface area (Å²) in [7, 11) is -3.85. The molecule has 1 heterocycles. The molecule has 1 aromatic rings. The van der Waals surface area contributed by atoms with Crippen LogP contribution in [0.25, 0.3) is 0 Å². The van der Waals surface area contributed by atoms with Crippen LogP contribution in [0.1, 0.15) is 40.5 Å². The number of nitro groups is 1. The molecule has 26 heavy (non-hydrogen) atoms. The summed E-state index contributed by atoms with van der Waals surface area (Å²) < 4.78 is 27.9. The van der Waals surface area contributed by atoms with Gasteiger partial charge in [0, 0.05) is 12.1 Å². The normalized spacial score (nSPS) is 25.7. The summed E-state index contributed by atoms with van der Waals surface area (Å²) in [5.41, 5.74) is 0.623. The molecule has 2 aliphatic rings. The lowest BCUT2D eigenvalue weighted by atomic mass is 9.78. The van der Waals surface area contributed by atoms with Gasteiger partial charge in [0.05, 0.1) is 21.4 Å². The Balaban J connectivity index is 2.04. The van der Waals surface area contributed by atoms with E-state index in [9.17, 15) is 18.5 Å². The molecule has 0 radical (unpaired) electrons. The highest BCUT2D eigenvalue weighted by Crippen LogP contribution is 2.42. The lowest BCUT2D eigenvalue weighted by Crippen LogP contribution is -2.48. The molecule has 0 spiro atoms. The summed E-state index contributed by atoms with van der Waals surface area (Å²) in [6.07, 6.45) is 3.75. The van der Waals surface area contributed by atoms with E-state index in [4.69, 9.17) is 0 Å². The molecule has 7 nitrogen and oxygen atoms in total. The van der Waals surface area contributed by atoms with Gasteiger partial charge < -0.3 is 0 Å². The van der Waals surface area contributed by atoms with Gasteiger partial charge in [-0.25, -0.2) is 12.7 Å². The summed E-state index contributed by atoms with van der Waals surface area (Å²) >= 11 is 0. The van der Waals surface area contributed by atoms with Crippen LogP contribution in [0.2, 0.25) is 0 Å². The van der Waals surface area contributed by atoms with Gasteiger partial charge in [0.15, 0.2) is 0 Å². The van der Waals surface area contributed by atoms with E-state index in [1.807, 2.05) is 13.0 Å². The molecule has 0 aromatic heterocycles. The summed E-state index contributed by atoms with van der Waals surface area (Å²) in [4.78, 5) is 15.0. The van der Waals surface area contributed by atoms with Crippen molar-refractivity contribution in [2.75, 3.05) is 0 Å². The zero-order chi connectivity index (χ0) is 19.3. The second kappa shape index (κ2) is 6.19. The third-order valence-electron chi connectivity index (χ3n) is 5.26. The number of non-ortho nitro benzene ring substituents is 1. The zero-order valence-corrected chi connectivity index (χ0v) is 16.2. The van der Waals surface area contributed by atoms with E-state index in [0.717, 1.165) is 12.8 Å². The number of benzene rings is 1. The number of amidine groups is 1. The average Bonchev–Trinajstić information content (AvgIpc) is 2.84. The number of sulfonamides is 1. The van der Waals surface area contributed by atoms with Gasteiger partial charge in [0.2, 0.25) is 0 Å². The Hall–Kier alpha value is -2.22. The van der Waals surface area contributed by atoms with Crippen LogP contribution >= 0.6 is 0 Å². The molecule has 8 heteroatoms. The largest absolute Gasteiger partial charge is 0.269 e. The molecule has 0 amide bonds. The van der Waals surface area contributed by atoms with Gasteiger partial charge in [-0.2, -0.15) is 0 Å². The Morgan fingerprint density at radius 2 is 1.92 bits per heavy atom. The predicted octanol–water partition coefficient (Wildman–Crippen LogP) is 3.52. The molecule has 2 atom stereocenters. The van der Waals surface area contributed by atoms with Crippen LogP contribution < -0.4 is 0 Å². The minimum Gasteiger partial charge on any atom is -0.263 e. The number of rotatable bonds is 4. The van der Waals surface area contributed by atoms with Crippen LogP contribution in [0, 0.1) is 16.0 Å². The van der Waals surface area contributed by atoms with Crippen molar-refractivity contribution in [3.8, 4) is 0 Å². The first-order chi connectivity index (χ1) is 12.1. The van der Waals surface area contributed by atoms with Crippen molar-refractivity contribution in [2.45, 2.75) is 57.0 Å². The summed E-state index contributed by atoms with van der Waals surface area (Å²) in [5, 5.41) is 10.8. The Morgan fingerprint density at radius 1 is 1.31 bits per heavy atom. The van der Waals surface area contributed by atoms with Crippen molar-refractivity contribution in [1.82, 2.24) is 4.31 Å². The lowest BCUT2D eigenvalue weighted by molar-refractivity contribution is -0.384. The number of allylic oxidation sites excluding steroid dienone is 1. The Morgan fingerprint density at radius 3 is 2.46 bits per heavy atom. The van der Waals surface area contributed by atoms with E-state index in [2.05, 4.69) is 18.8 Å². The van der Waals surface area contributed by atoms with Crippen LogP contribution in [0.15, 0.2) is 45.8 Å². The van der Waals surface area contributed by atoms with Crippen LogP contribution in [0.5, 0.6) is 0 Å². The molecule has 1 aliphatic carbocycles. The van der Waals surface area contributed by atoms with Crippen molar-refractivity contribution in [2.24, 2.45) is 10.9 Å². The molecule has 2 unspecified atom stereocenters. The van der Waals surface area contributed by atoms with Gasteiger partial charge in [-0.05, 0) is 44.7 Å². The lowest BCUT2D eigenvalue weighted by Gasteiger charge is -2.37. The highest BCUT2D eigenvalue weighted by molar-refractivity contribution is 7.89. The van der Waals surface area contributed by atoms with Gasteiger partial charge in [0.1, 0.15) is 5.84 Å². The van der Waals surface area contributed by atoms with E-state index < -0.39 is 20.5 Å². The Labute approximate surface area is 153 Å². The molecule has 0 saturated heterocycles. The number of hydrogen-bond donors (Lipinski definition) is 0. The van der Waals surface area contributed by atoms with Crippen LogP contribution in [-0.2, 0) is 10.0 Å². The van der Waals surface area contributed by atoms with E-state index in [1.54, 1.807) is 6.92 Å². The van der Waals surface area contributed by atoms with E-state index in [-0.39, 0.29) is 16.6 Å². The highest BCUT2D eigenvalue weighted by atomic mass is 32.2. The summed E-state index contributed by atoms with van der Waals surface area (Å²) in [6.45, 7) is 7.90. The minimum absolute atomic E-state index is 0.0342. The second-order valence-corrected chi connectivity index (χ2v) is 9.22. The smallest absolute Gasteiger partial charge is 0.263 e. The Kier molecular flexibility index (Phi) is 4.42. The number of nitrogens with zero attached hydrogens (tertiary/aromatic N) is 3. The van der Waals surface area contributed by atoms with Gasteiger partial charge in [-0.3, -0.25) is 15.1 Å². The molecule has 3 rings (SSSR count). The van der Waals surface area contributed by atoms with Gasteiger partial charge >= 0.3 is 0 Å². The number of aliphatic imine (C=N–C) groups is 1. The third-order valence-corrected chi connectivity index (χ3v) is 7.14. The molecule has 1 aliphatic heterocycles. The maximum absolute atomic E-state index is 13.2. The molecule has 140 valence electrons. The van der Waals surface area contributed by atoms with Crippen molar-refractivity contribution in [1.29, 1.82) is 0 Å². The fraction of sp³-hybridized carbons (Fsp3) is 0.500. The molecule has 1 aromatic carbocycles. The highest BCUT2D eigenvalue weighted by Gasteiger charge is 2.49. The molecular formula is C18H23N3O4S. The standard InChI is InChI=1S/C18H23N3O4S/c1-12(2)14-9-10-18(4)17(11-14)20(13(3)19-18)26(24,25)16-7-5-15(6-8-16)21(22)23/h5-8,11-12,17H,9-10H2,1-4H3. The number of hydrogen-bond acceptors (Lipinski definition) is 5. The van der Waals surface area contributed by atoms with E-state index >= 15 is 0 Å². The minimum atomic E-state index is -3.85. The topological polar surface area (TPSA) is 92.9 Å². The fourth-order valence-corrected chi connectivity index (χ4v) is 5.41.